The first-order valence-corrected chi connectivity index (χ1v) is 15.8. The Balaban J connectivity index is 1.22. The standard InChI is InChI=1S/C31H31ClF6N6O2/c32-20-10-17(39)9-18(21(20)31(36,37)38)23-22(33)24-19(11-40-23)25(43-6-2-4-29(15-43)5-8-46-29)42-26(41-24)45-16-28-3-1-7-44(28)14-27(12-28)13-30(27,34)35/h9-11H,1-8,12-16,39H2/t27-,28-,29?/m0/s1. The number of ether oxygens (including phenoxy) is 2. The molecule has 5 aliphatic rings. The van der Waals surface area contributed by atoms with Crippen molar-refractivity contribution in [1.29, 1.82) is 0 Å². The second-order valence-electron chi connectivity index (χ2n) is 13.6. The molecule has 1 aliphatic carbocycles. The SMILES string of the molecule is Nc1cc(Cl)c(C(F)(F)F)c(-c2ncc3c(N4CCCC5(CCO5)C4)nc(OC[C@@]45CCCN4C[C@@]4(CC4(F)F)C5)nc3c2F)c1. The predicted molar refractivity (Wildman–Crippen MR) is 158 cm³/mol. The Morgan fingerprint density at radius 2 is 1.80 bits per heavy atom. The highest BCUT2D eigenvalue weighted by atomic mass is 35.5. The van der Waals surface area contributed by atoms with Gasteiger partial charge >= 0.3 is 12.2 Å². The summed E-state index contributed by atoms with van der Waals surface area (Å²) in [7, 11) is 0. The lowest BCUT2D eigenvalue weighted by molar-refractivity contribution is -0.151. The fourth-order valence-electron chi connectivity index (χ4n) is 8.26. The Hall–Kier alpha value is -3.10. The number of rotatable bonds is 5. The summed E-state index contributed by atoms with van der Waals surface area (Å²) in [5.41, 5.74) is 0.866. The van der Waals surface area contributed by atoms with E-state index in [0.717, 1.165) is 37.8 Å². The molecule has 6 heterocycles. The van der Waals surface area contributed by atoms with Gasteiger partial charge in [0.05, 0.1) is 39.1 Å². The van der Waals surface area contributed by atoms with Gasteiger partial charge in [-0.3, -0.25) is 9.88 Å². The van der Waals surface area contributed by atoms with Crippen LogP contribution >= 0.6 is 11.6 Å². The summed E-state index contributed by atoms with van der Waals surface area (Å²) in [6, 6.07) is 1.73. The number of piperidine rings is 1. The van der Waals surface area contributed by atoms with Crippen molar-refractivity contribution in [2.24, 2.45) is 5.41 Å². The Morgan fingerprint density at radius 3 is 2.50 bits per heavy atom. The molecule has 4 aliphatic heterocycles. The van der Waals surface area contributed by atoms with Gasteiger partial charge in [0.15, 0.2) is 5.82 Å². The molecule has 0 amide bonds. The van der Waals surface area contributed by atoms with E-state index in [1.165, 1.54) is 6.20 Å². The number of halogens is 7. The number of fused-ring (bicyclic) bond motifs is 2. The van der Waals surface area contributed by atoms with Gasteiger partial charge in [0.25, 0.3) is 5.92 Å². The monoisotopic (exact) mass is 668 g/mol. The number of benzene rings is 1. The average molecular weight is 669 g/mol. The number of hydrogen-bond donors (Lipinski definition) is 1. The van der Waals surface area contributed by atoms with Gasteiger partial charge in [0.2, 0.25) is 0 Å². The molecule has 8 nitrogen and oxygen atoms in total. The van der Waals surface area contributed by atoms with Gasteiger partial charge in [0.1, 0.15) is 23.6 Å². The second kappa shape index (κ2) is 9.96. The van der Waals surface area contributed by atoms with Gasteiger partial charge in [0, 0.05) is 49.9 Å². The van der Waals surface area contributed by atoms with Gasteiger partial charge in [-0.15, -0.1) is 0 Å². The van der Waals surface area contributed by atoms with Crippen LogP contribution in [0.1, 0.15) is 50.5 Å². The molecule has 1 aromatic carbocycles. The topological polar surface area (TPSA) is 89.6 Å². The smallest absolute Gasteiger partial charge is 0.418 e. The summed E-state index contributed by atoms with van der Waals surface area (Å²) in [5.74, 6) is -3.52. The van der Waals surface area contributed by atoms with Crippen molar-refractivity contribution >= 4 is 34.0 Å². The molecule has 0 bridgehead atoms. The number of pyridine rings is 1. The van der Waals surface area contributed by atoms with Crippen LogP contribution in [-0.2, 0) is 10.9 Å². The molecule has 46 heavy (non-hydrogen) atoms. The third kappa shape index (κ3) is 4.61. The quantitative estimate of drug-likeness (QED) is 0.244. The van der Waals surface area contributed by atoms with Crippen molar-refractivity contribution in [3.8, 4) is 17.3 Å². The summed E-state index contributed by atoms with van der Waals surface area (Å²) in [6.45, 7) is 2.66. The fraction of sp³-hybridized carbons (Fsp3) is 0.581. The molecular weight excluding hydrogens is 638 g/mol. The Bertz CT molecular complexity index is 1750. The van der Waals surface area contributed by atoms with E-state index in [4.69, 9.17) is 26.8 Å². The van der Waals surface area contributed by atoms with E-state index in [-0.39, 0.29) is 54.2 Å². The van der Waals surface area contributed by atoms with Gasteiger partial charge in [-0.1, -0.05) is 11.6 Å². The molecule has 0 radical (unpaired) electrons. The number of hydrogen-bond acceptors (Lipinski definition) is 8. The number of nitrogens with zero attached hydrogens (tertiary/aromatic N) is 5. The van der Waals surface area contributed by atoms with E-state index in [0.29, 0.717) is 38.5 Å². The third-order valence-corrected chi connectivity index (χ3v) is 11.0. The lowest BCUT2D eigenvalue weighted by Crippen LogP contribution is -2.56. The van der Waals surface area contributed by atoms with Gasteiger partial charge < -0.3 is 20.1 Å². The van der Waals surface area contributed by atoms with Gasteiger partial charge in [-0.2, -0.15) is 23.1 Å². The van der Waals surface area contributed by atoms with Crippen LogP contribution in [0, 0.1) is 11.2 Å². The van der Waals surface area contributed by atoms with Gasteiger partial charge in [-0.05, 0) is 50.8 Å². The number of anilines is 2. The third-order valence-electron chi connectivity index (χ3n) is 10.7. The van der Waals surface area contributed by atoms with E-state index < -0.39 is 50.7 Å². The van der Waals surface area contributed by atoms with Crippen molar-refractivity contribution < 1.29 is 35.8 Å². The maximum atomic E-state index is 16.5. The van der Waals surface area contributed by atoms with Crippen LogP contribution in [0.15, 0.2) is 18.3 Å². The van der Waals surface area contributed by atoms with Crippen LogP contribution in [0.2, 0.25) is 5.02 Å². The highest BCUT2D eigenvalue weighted by Gasteiger charge is 2.77. The van der Waals surface area contributed by atoms with Crippen molar-refractivity contribution in [2.75, 3.05) is 50.0 Å². The second-order valence-corrected chi connectivity index (χ2v) is 14.0. The van der Waals surface area contributed by atoms with E-state index in [9.17, 15) is 22.0 Å². The molecular formula is C31H31ClF6N6O2. The molecule has 3 aromatic rings. The minimum atomic E-state index is -4.93. The predicted octanol–water partition coefficient (Wildman–Crippen LogP) is 6.49. The zero-order valence-corrected chi connectivity index (χ0v) is 25.5. The Labute approximate surface area is 265 Å². The highest BCUT2D eigenvalue weighted by Crippen LogP contribution is 2.69. The number of nitrogen functional groups attached to an aromatic ring is 1. The number of nitrogens with two attached hydrogens (primary N) is 1. The maximum Gasteiger partial charge on any atom is 0.418 e. The largest absolute Gasteiger partial charge is 0.461 e. The highest BCUT2D eigenvalue weighted by molar-refractivity contribution is 6.32. The molecule has 246 valence electrons. The van der Waals surface area contributed by atoms with Crippen LogP contribution in [0.5, 0.6) is 6.01 Å². The number of alkyl halides is 5. The Morgan fingerprint density at radius 1 is 1.04 bits per heavy atom. The first kappa shape index (κ1) is 30.2. The normalized spacial score (nSPS) is 30.3. The van der Waals surface area contributed by atoms with Crippen molar-refractivity contribution in [3.05, 3.63) is 34.7 Å². The van der Waals surface area contributed by atoms with Crippen molar-refractivity contribution in [2.45, 2.75) is 68.2 Å². The average Bonchev–Trinajstić information content (AvgIpc) is 3.19. The maximum absolute atomic E-state index is 16.5. The zero-order chi connectivity index (χ0) is 32.3. The summed E-state index contributed by atoms with van der Waals surface area (Å²) in [5, 5.41) is -0.502. The van der Waals surface area contributed by atoms with Crippen LogP contribution in [-0.4, -0.2) is 76.3 Å². The minimum Gasteiger partial charge on any atom is -0.461 e. The zero-order valence-electron chi connectivity index (χ0n) is 24.7. The van der Waals surface area contributed by atoms with Crippen molar-refractivity contribution in [3.63, 3.8) is 0 Å². The van der Waals surface area contributed by atoms with E-state index in [1.807, 2.05) is 4.90 Å². The molecule has 2 spiro atoms. The van der Waals surface area contributed by atoms with Gasteiger partial charge in [-0.25, -0.2) is 13.2 Å². The van der Waals surface area contributed by atoms with Crippen LogP contribution in [0.3, 0.4) is 0 Å². The lowest BCUT2D eigenvalue weighted by Gasteiger charge is -2.48. The molecule has 8 rings (SSSR count). The Kier molecular flexibility index (Phi) is 6.55. The molecule has 2 aromatic heterocycles. The van der Waals surface area contributed by atoms with E-state index >= 15 is 4.39 Å². The number of aromatic nitrogens is 3. The summed E-state index contributed by atoms with van der Waals surface area (Å²) in [6.07, 6.45) is 0.431. The molecule has 1 saturated carbocycles. The van der Waals surface area contributed by atoms with Crippen LogP contribution in [0.4, 0.5) is 37.8 Å². The lowest BCUT2D eigenvalue weighted by atomic mass is 9.86. The van der Waals surface area contributed by atoms with Crippen LogP contribution < -0.4 is 15.4 Å². The minimum absolute atomic E-state index is 0.0193. The fourth-order valence-corrected chi connectivity index (χ4v) is 8.59. The molecule has 2 N–H and O–H groups in total. The summed E-state index contributed by atoms with van der Waals surface area (Å²) >= 11 is 5.96. The molecule has 5 fully saturated rings. The van der Waals surface area contributed by atoms with E-state index in [2.05, 4.69) is 19.9 Å². The van der Waals surface area contributed by atoms with Crippen molar-refractivity contribution in [1.82, 2.24) is 19.9 Å². The van der Waals surface area contributed by atoms with Crippen LogP contribution in [0.25, 0.3) is 22.2 Å². The van der Waals surface area contributed by atoms with E-state index in [1.54, 1.807) is 0 Å². The molecule has 1 unspecified atom stereocenters. The molecule has 15 heteroatoms. The molecule has 4 saturated heterocycles. The first-order valence-electron chi connectivity index (χ1n) is 15.4. The first-order chi connectivity index (χ1) is 21.7. The molecule has 3 atom stereocenters. The summed E-state index contributed by atoms with van der Waals surface area (Å²) < 4.78 is 99.7. The summed E-state index contributed by atoms with van der Waals surface area (Å²) in [4.78, 5) is 17.2.